The third-order valence-corrected chi connectivity index (χ3v) is 5.00. The van der Waals surface area contributed by atoms with E-state index in [9.17, 15) is 4.39 Å². The fourth-order valence-electron chi connectivity index (χ4n) is 3.55. The van der Waals surface area contributed by atoms with Crippen LogP contribution in [-0.4, -0.2) is 56.2 Å². The van der Waals surface area contributed by atoms with Gasteiger partial charge in [-0.05, 0) is 36.4 Å². The highest BCUT2D eigenvalue weighted by atomic mass is 19.1. The van der Waals surface area contributed by atoms with Gasteiger partial charge in [-0.15, -0.1) is 0 Å². The summed E-state index contributed by atoms with van der Waals surface area (Å²) < 4.78 is 29.9. The Morgan fingerprint density at radius 3 is 2.60 bits per heavy atom. The molecule has 156 valence electrons. The largest absolute Gasteiger partial charge is 0.454 e. The second-order valence-electron chi connectivity index (χ2n) is 6.93. The van der Waals surface area contributed by atoms with Crippen LogP contribution in [-0.2, 0) is 4.74 Å². The molecule has 0 spiro atoms. The van der Waals surface area contributed by atoms with Crippen LogP contribution in [0.15, 0.2) is 52.4 Å². The van der Waals surface area contributed by atoms with Crippen molar-refractivity contribution in [2.45, 2.75) is 6.29 Å². The molecule has 3 heterocycles. The maximum Gasteiger partial charge on any atom is 0.231 e. The van der Waals surface area contributed by atoms with E-state index in [0.717, 1.165) is 11.4 Å². The van der Waals surface area contributed by atoms with E-state index in [0.29, 0.717) is 43.8 Å². The van der Waals surface area contributed by atoms with Gasteiger partial charge in [-0.25, -0.2) is 9.38 Å². The van der Waals surface area contributed by atoms with E-state index in [4.69, 9.17) is 19.9 Å². The molecule has 2 aromatic carbocycles. The number of rotatable bonds is 3. The van der Waals surface area contributed by atoms with Gasteiger partial charge in [0, 0.05) is 30.5 Å². The van der Waals surface area contributed by atoms with Gasteiger partial charge in [0.25, 0.3) is 0 Å². The lowest BCUT2D eigenvalue weighted by Gasteiger charge is -2.41. The first-order valence-corrected chi connectivity index (χ1v) is 9.63. The lowest BCUT2D eigenvalue weighted by Crippen LogP contribution is -2.57. The van der Waals surface area contributed by atoms with E-state index in [1.807, 2.05) is 23.1 Å². The van der Waals surface area contributed by atoms with Gasteiger partial charge in [-0.3, -0.25) is 4.90 Å². The van der Waals surface area contributed by atoms with Crippen molar-refractivity contribution >= 4 is 23.3 Å². The van der Waals surface area contributed by atoms with Crippen molar-refractivity contribution < 1.29 is 18.6 Å². The summed E-state index contributed by atoms with van der Waals surface area (Å²) in [6, 6.07) is 11.8. The molecule has 0 aromatic heterocycles. The van der Waals surface area contributed by atoms with Crippen LogP contribution in [0.3, 0.4) is 0 Å². The molecule has 0 amide bonds. The molecule has 1 unspecified atom stereocenters. The topological polar surface area (TPSA) is 96.9 Å². The zero-order valence-electron chi connectivity index (χ0n) is 16.1. The maximum atomic E-state index is 13.6. The third-order valence-electron chi connectivity index (χ3n) is 5.00. The molecule has 1 fully saturated rings. The number of nitrogens with zero attached hydrogens (tertiary/aromatic N) is 4. The summed E-state index contributed by atoms with van der Waals surface area (Å²) >= 11 is 0. The van der Waals surface area contributed by atoms with Crippen molar-refractivity contribution in [3.8, 4) is 11.5 Å². The Morgan fingerprint density at radius 2 is 1.80 bits per heavy atom. The summed E-state index contributed by atoms with van der Waals surface area (Å²) in [5.74, 6) is 1.83. The van der Waals surface area contributed by atoms with Gasteiger partial charge in [0.15, 0.2) is 11.5 Å². The van der Waals surface area contributed by atoms with E-state index < -0.39 is 6.29 Å². The first-order chi connectivity index (χ1) is 14.7. The number of nitrogens with two attached hydrogens (primary N) is 1. The molecule has 1 atom stereocenters. The summed E-state index contributed by atoms with van der Waals surface area (Å²) in [7, 11) is 0. The van der Waals surface area contributed by atoms with Crippen LogP contribution in [0.1, 0.15) is 0 Å². The molecule has 30 heavy (non-hydrogen) atoms. The van der Waals surface area contributed by atoms with E-state index in [2.05, 4.69) is 20.2 Å². The Balaban J connectivity index is 1.50. The van der Waals surface area contributed by atoms with Gasteiger partial charge < -0.3 is 30.2 Å². The molecule has 0 bridgehead atoms. The molecular formula is C20H21FN6O3. The molecule has 2 aromatic rings. The highest BCUT2D eigenvalue weighted by Gasteiger charge is 2.32. The van der Waals surface area contributed by atoms with Crippen molar-refractivity contribution in [1.82, 2.24) is 4.90 Å². The van der Waals surface area contributed by atoms with Gasteiger partial charge >= 0.3 is 0 Å². The Kier molecular flexibility index (Phi) is 4.75. The minimum Gasteiger partial charge on any atom is -0.454 e. The summed E-state index contributed by atoms with van der Waals surface area (Å²) in [6.07, 6.45) is -0.592. The van der Waals surface area contributed by atoms with E-state index in [1.54, 1.807) is 12.1 Å². The molecule has 10 heteroatoms. The SMILES string of the molecule is NC1=NC(Nc2ccc3c(c2)OCO3)N(c2ccc(F)cc2)C(N2CCOCC2)=N1. The number of morpholine rings is 1. The normalized spacial score (nSPS) is 20.6. The van der Waals surface area contributed by atoms with Crippen molar-refractivity contribution in [2.24, 2.45) is 15.7 Å². The number of halogens is 1. The number of ether oxygens (including phenoxy) is 3. The standard InChI is InChI=1S/C20H21FN6O3/c21-13-1-4-15(5-2-13)27-19(23-14-3-6-16-17(11-14)30-12-29-16)24-18(22)25-20(27)26-7-9-28-10-8-26/h1-6,11,19,23H,7-10,12H2,(H2,22,24). The minimum atomic E-state index is -0.592. The highest BCUT2D eigenvalue weighted by Crippen LogP contribution is 2.35. The maximum absolute atomic E-state index is 13.6. The summed E-state index contributed by atoms with van der Waals surface area (Å²) in [6.45, 7) is 2.71. The van der Waals surface area contributed by atoms with E-state index >= 15 is 0 Å². The van der Waals surface area contributed by atoms with Crippen LogP contribution >= 0.6 is 0 Å². The molecule has 9 nitrogen and oxygen atoms in total. The fraction of sp³-hybridized carbons (Fsp3) is 0.300. The summed E-state index contributed by atoms with van der Waals surface area (Å²) in [4.78, 5) is 13.0. The Bertz CT molecular complexity index is 991. The smallest absolute Gasteiger partial charge is 0.231 e. The highest BCUT2D eigenvalue weighted by molar-refractivity contribution is 6.06. The van der Waals surface area contributed by atoms with Crippen molar-refractivity contribution in [3.63, 3.8) is 0 Å². The molecule has 0 radical (unpaired) electrons. The Hall–Kier alpha value is -3.53. The predicted octanol–water partition coefficient (Wildman–Crippen LogP) is 1.77. The number of guanidine groups is 2. The Labute approximate surface area is 172 Å². The quantitative estimate of drug-likeness (QED) is 0.793. The van der Waals surface area contributed by atoms with Crippen LogP contribution < -0.4 is 25.4 Å². The monoisotopic (exact) mass is 412 g/mol. The van der Waals surface area contributed by atoms with Gasteiger partial charge in [-0.2, -0.15) is 4.99 Å². The molecule has 3 aliphatic heterocycles. The first kappa shape index (κ1) is 18.5. The minimum absolute atomic E-state index is 0.160. The fourth-order valence-corrected chi connectivity index (χ4v) is 3.55. The average molecular weight is 412 g/mol. The van der Waals surface area contributed by atoms with Crippen molar-refractivity contribution in [3.05, 3.63) is 48.3 Å². The predicted molar refractivity (Wildman–Crippen MR) is 110 cm³/mol. The second kappa shape index (κ2) is 7.71. The lowest BCUT2D eigenvalue weighted by atomic mass is 10.2. The van der Waals surface area contributed by atoms with Crippen molar-refractivity contribution in [2.75, 3.05) is 43.3 Å². The first-order valence-electron chi connectivity index (χ1n) is 9.63. The van der Waals surface area contributed by atoms with Gasteiger partial charge in [-0.1, -0.05) is 0 Å². The molecule has 0 saturated carbocycles. The molecule has 5 rings (SSSR count). The zero-order valence-corrected chi connectivity index (χ0v) is 16.1. The Morgan fingerprint density at radius 1 is 1.03 bits per heavy atom. The molecule has 3 N–H and O–H groups in total. The lowest BCUT2D eigenvalue weighted by molar-refractivity contribution is 0.0671. The van der Waals surface area contributed by atoms with Crippen LogP contribution in [0.25, 0.3) is 0 Å². The third kappa shape index (κ3) is 3.57. The van der Waals surface area contributed by atoms with Crippen LogP contribution in [0.2, 0.25) is 0 Å². The summed E-state index contributed by atoms with van der Waals surface area (Å²) in [5, 5.41) is 3.36. The molecule has 3 aliphatic rings. The summed E-state index contributed by atoms with van der Waals surface area (Å²) in [5.41, 5.74) is 7.57. The molecule has 0 aliphatic carbocycles. The number of nitrogens with one attached hydrogen (secondary N) is 1. The number of fused-ring (bicyclic) bond motifs is 1. The van der Waals surface area contributed by atoms with E-state index in [1.165, 1.54) is 12.1 Å². The van der Waals surface area contributed by atoms with Crippen LogP contribution in [0, 0.1) is 5.82 Å². The number of hydrogen-bond donors (Lipinski definition) is 2. The van der Waals surface area contributed by atoms with Crippen LogP contribution in [0.4, 0.5) is 15.8 Å². The molecular weight excluding hydrogens is 391 g/mol. The number of aliphatic imine (C=N–C) groups is 2. The van der Waals surface area contributed by atoms with Gasteiger partial charge in [0.2, 0.25) is 25.0 Å². The van der Waals surface area contributed by atoms with Crippen LogP contribution in [0.5, 0.6) is 11.5 Å². The second-order valence-corrected chi connectivity index (χ2v) is 6.93. The number of anilines is 2. The average Bonchev–Trinajstić information content (AvgIpc) is 3.23. The number of benzene rings is 2. The van der Waals surface area contributed by atoms with Crippen molar-refractivity contribution in [1.29, 1.82) is 0 Å². The number of hydrogen-bond acceptors (Lipinski definition) is 9. The van der Waals surface area contributed by atoms with Gasteiger partial charge in [0.05, 0.1) is 13.2 Å². The van der Waals surface area contributed by atoms with Gasteiger partial charge in [0.1, 0.15) is 5.82 Å². The van der Waals surface area contributed by atoms with E-state index in [-0.39, 0.29) is 18.6 Å². The zero-order chi connectivity index (χ0) is 20.5. The molecule has 1 saturated heterocycles.